The first-order valence-electron chi connectivity index (χ1n) is 4.98. The molecule has 82 valence electrons. The molecular formula is C11H12F3N. The van der Waals surface area contributed by atoms with E-state index in [1.807, 2.05) is 0 Å². The van der Waals surface area contributed by atoms with Gasteiger partial charge in [-0.3, -0.25) is 0 Å². The maximum Gasteiger partial charge on any atom is 0.164 e. The molecule has 0 aliphatic carbocycles. The Kier molecular flexibility index (Phi) is 2.69. The van der Waals surface area contributed by atoms with Crippen molar-refractivity contribution >= 4 is 0 Å². The molecule has 1 aromatic rings. The van der Waals surface area contributed by atoms with Crippen molar-refractivity contribution in [3.05, 3.63) is 34.6 Å². The van der Waals surface area contributed by atoms with Crippen molar-refractivity contribution in [1.82, 2.24) is 5.32 Å². The van der Waals surface area contributed by atoms with Crippen molar-refractivity contribution in [3.8, 4) is 0 Å². The van der Waals surface area contributed by atoms with Gasteiger partial charge in [-0.25, -0.2) is 13.2 Å². The van der Waals surface area contributed by atoms with Gasteiger partial charge in [0.2, 0.25) is 0 Å². The zero-order valence-corrected chi connectivity index (χ0v) is 8.41. The van der Waals surface area contributed by atoms with Crippen LogP contribution in [0, 0.1) is 24.4 Å². The van der Waals surface area contributed by atoms with E-state index in [2.05, 4.69) is 5.32 Å². The zero-order chi connectivity index (χ0) is 11.0. The molecule has 0 amide bonds. The first kappa shape index (κ1) is 10.5. The summed E-state index contributed by atoms with van der Waals surface area (Å²) in [5.41, 5.74) is 0.00241. The van der Waals surface area contributed by atoms with Gasteiger partial charge in [-0.2, -0.15) is 0 Å². The summed E-state index contributed by atoms with van der Waals surface area (Å²) in [6.07, 6.45) is 1.70. The topological polar surface area (TPSA) is 12.0 Å². The van der Waals surface area contributed by atoms with Crippen LogP contribution < -0.4 is 5.32 Å². The number of nitrogens with one attached hydrogen (secondary N) is 1. The molecule has 1 aliphatic rings. The highest BCUT2D eigenvalue weighted by Gasteiger charge is 2.23. The molecule has 1 aromatic carbocycles. The van der Waals surface area contributed by atoms with Gasteiger partial charge < -0.3 is 5.32 Å². The lowest BCUT2D eigenvalue weighted by molar-refractivity contribution is 0.471. The lowest BCUT2D eigenvalue weighted by Crippen LogP contribution is -2.16. The maximum atomic E-state index is 13.6. The summed E-state index contributed by atoms with van der Waals surface area (Å²) < 4.78 is 39.8. The molecule has 1 aliphatic heterocycles. The van der Waals surface area contributed by atoms with Gasteiger partial charge in [0.25, 0.3) is 0 Å². The van der Waals surface area contributed by atoms with Crippen LogP contribution in [0.4, 0.5) is 13.2 Å². The van der Waals surface area contributed by atoms with Gasteiger partial charge in [0.15, 0.2) is 11.6 Å². The van der Waals surface area contributed by atoms with Gasteiger partial charge in [0.1, 0.15) is 5.82 Å². The van der Waals surface area contributed by atoms with Gasteiger partial charge in [0, 0.05) is 17.2 Å². The second-order valence-electron chi connectivity index (χ2n) is 3.85. The Bertz CT molecular complexity index is 384. The second-order valence-corrected chi connectivity index (χ2v) is 3.85. The van der Waals surface area contributed by atoms with Gasteiger partial charge in [-0.15, -0.1) is 0 Å². The van der Waals surface area contributed by atoms with E-state index in [-0.39, 0.29) is 17.2 Å². The molecule has 0 spiro atoms. The van der Waals surface area contributed by atoms with Crippen molar-refractivity contribution in [3.63, 3.8) is 0 Å². The van der Waals surface area contributed by atoms with Crippen LogP contribution in [0.3, 0.4) is 0 Å². The van der Waals surface area contributed by atoms with Gasteiger partial charge in [0.05, 0.1) is 0 Å². The van der Waals surface area contributed by atoms with Crippen LogP contribution in [0.15, 0.2) is 6.07 Å². The molecule has 1 fully saturated rings. The van der Waals surface area contributed by atoms with Crippen LogP contribution in [0.25, 0.3) is 0 Å². The minimum Gasteiger partial charge on any atom is -0.310 e. The second kappa shape index (κ2) is 3.85. The van der Waals surface area contributed by atoms with Crippen molar-refractivity contribution in [2.75, 3.05) is 6.54 Å². The Morgan fingerprint density at radius 2 is 2.00 bits per heavy atom. The lowest BCUT2D eigenvalue weighted by atomic mass is 10.0. The van der Waals surface area contributed by atoms with Gasteiger partial charge in [-0.05, 0) is 32.4 Å². The summed E-state index contributed by atoms with van der Waals surface area (Å²) in [6, 6.07) is 0.777. The molecule has 4 heteroatoms. The zero-order valence-electron chi connectivity index (χ0n) is 8.41. The molecule has 0 radical (unpaired) electrons. The van der Waals surface area contributed by atoms with Gasteiger partial charge >= 0.3 is 0 Å². The summed E-state index contributed by atoms with van der Waals surface area (Å²) in [7, 11) is 0. The average Bonchev–Trinajstić information content (AvgIpc) is 2.73. The predicted octanol–water partition coefficient (Wildman–Crippen LogP) is 2.84. The Morgan fingerprint density at radius 3 is 2.60 bits per heavy atom. The molecule has 1 nitrogen and oxygen atoms in total. The molecular weight excluding hydrogens is 203 g/mol. The standard InChI is InChI=1S/C11H12F3N/c1-6-10(13)7(5-8(12)11(6)14)9-3-2-4-15-9/h5,9,15H,2-4H2,1H3. The van der Waals surface area contributed by atoms with Crippen LogP contribution in [0.5, 0.6) is 0 Å². The van der Waals surface area contributed by atoms with E-state index in [0.717, 1.165) is 25.5 Å². The highest BCUT2D eigenvalue weighted by atomic mass is 19.2. The molecule has 0 saturated carbocycles. The third kappa shape index (κ3) is 1.74. The largest absolute Gasteiger partial charge is 0.310 e. The van der Waals surface area contributed by atoms with Crippen molar-refractivity contribution in [2.45, 2.75) is 25.8 Å². The fourth-order valence-corrected chi connectivity index (χ4v) is 1.96. The van der Waals surface area contributed by atoms with Crippen LogP contribution in [0.1, 0.15) is 30.0 Å². The number of benzene rings is 1. The Labute approximate surface area is 86.3 Å². The summed E-state index contributed by atoms with van der Waals surface area (Å²) >= 11 is 0. The molecule has 1 unspecified atom stereocenters. The minimum atomic E-state index is -1.09. The SMILES string of the molecule is Cc1c(F)c(F)cc(C2CCCN2)c1F. The van der Waals surface area contributed by atoms with E-state index in [1.165, 1.54) is 6.92 Å². The van der Waals surface area contributed by atoms with Crippen molar-refractivity contribution < 1.29 is 13.2 Å². The summed E-state index contributed by atoms with van der Waals surface area (Å²) in [5.74, 6) is -2.69. The summed E-state index contributed by atoms with van der Waals surface area (Å²) in [5, 5.41) is 3.06. The molecule has 0 aromatic heterocycles. The molecule has 1 saturated heterocycles. The van der Waals surface area contributed by atoms with E-state index < -0.39 is 17.5 Å². The number of rotatable bonds is 1. The predicted molar refractivity (Wildman–Crippen MR) is 51.0 cm³/mol. The van der Waals surface area contributed by atoms with E-state index in [1.54, 1.807) is 0 Å². The molecule has 1 N–H and O–H groups in total. The van der Waals surface area contributed by atoms with E-state index in [0.29, 0.717) is 0 Å². The Morgan fingerprint density at radius 1 is 1.27 bits per heavy atom. The number of hydrogen-bond acceptors (Lipinski definition) is 1. The summed E-state index contributed by atoms with van der Waals surface area (Å²) in [6.45, 7) is 2.05. The van der Waals surface area contributed by atoms with E-state index >= 15 is 0 Å². The van der Waals surface area contributed by atoms with Crippen LogP contribution in [0.2, 0.25) is 0 Å². The molecule has 1 heterocycles. The van der Waals surface area contributed by atoms with Crippen molar-refractivity contribution in [1.29, 1.82) is 0 Å². The number of hydrogen-bond donors (Lipinski definition) is 1. The quantitative estimate of drug-likeness (QED) is 0.710. The monoisotopic (exact) mass is 215 g/mol. The summed E-state index contributed by atoms with van der Waals surface area (Å²) in [4.78, 5) is 0. The fourth-order valence-electron chi connectivity index (χ4n) is 1.96. The van der Waals surface area contributed by atoms with Gasteiger partial charge in [-0.1, -0.05) is 0 Å². The normalized spacial score (nSPS) is 20.9. The first-order chi connectivity index (χ1) is 7.11. The highest BCUT2D eigenvalue weighted by Crippen LogP contribution is 2.29. The van der Waals surface area contributed by atoms with Crippen molar-refractivity contribution in [2.24, 2.45) is 0 Å². The average molecular weight is 215 g/mol. The third-order valence-corrected chi connectivity index (χ3v) is 2.84. The maximum absolute atomic E-state index is 13.6. The molecule has 1 atom stereocenters. The van der Waals surface area contributed by atoms with E-state index in [9.17, 15) is 13.2 Å². The molecule has 15 heavy (non-hydrogen) atoms. The smallest absolute Gasteiger partial charge is 0.164 e. The third-order valence-electron chi connectivity index (χ3n) is 2.84. The van der Waals surface area contributed by atoms with Crippen LogP contribution in [-0.2, 0) is 0 Å². The Hall–Kier alpha value is -1.03. The molecule has 0 bridgehead atoms. The fraction of sp³-hybridized carbons (Fsp3) is 0.455. The highest BCUT2D eigenvalue weighted by molar-refractivity contribution is 5.30. The van der Waals surface area contributed by atoms with E-state index in [4.69, 9.17) is 0 Å². The number of halogens is 3. The minimum absolute atomic E-state index is 0.182. The van der Waals surface area contributed by atoms with Crippen LogP contribution >= 0.6 is 0 Å². The lowest BCUT2D eigenvalue weighted by Gasteiger charge is -2.13. The Balaban J connectivity index is 2.47. The molecule has 2 rings (SSSR count). The van der Waals surface area contributed by atoms with Crippen LogP contribution in [-0.4, -0.2) is 6.54 Å². The first-order valence-corrected chi connectivity index (χ1v) is 4.98.